The van der Waals surface area contributed by atoms with Crippen molar-refractivity contribution in [3.63, 3.8) is 0 Å². The van der Waals surface area contributed by atoms with E-state index >= 15 is 0 Å². The molecule has 1 aromatic carbocycles. The maximum Gasteiger partial charge on any atom is 0.293 e. The molecule has 160 valence electrons. The van der Waals surface area contributed by atoms with Gasteiger partial charge in [-0.1, -0.05) is 18.1 Å². The summed E-state index contributed by atoms with van der Waals surface area (Å²) in [6.07, 6.45) is 1.54. The van der Waals surface area contributed by atoms with Crippen LogP contribution in [-0.2, 0) is 13.1 Å². The number of carbonyl (C=O) groups is 1. The van der Waals surface area contributed by atoms with E-state index in [9.17, 15) is 9.59 Å². The van der Waals surface area contributed by atoms with E-state index in [0.717, 1.165) is 26.2 Å². The fourth-order valence-corrected chi connectivity index (χ4v) is 3.70. The number of imidazole rings is 1. The van der Waals surface area contributed by atoms with E-state index in [2.05, 4.69) is 32.1 Å². The fourth-order valence-electron chi connectivity index (χ4n) is 3.70. The van der Waals surface area contributed by atoms with Crippen molar-refractivity contribution >= 4 is 22.8 Å². The smallest absolute Gasteiger partial charge is 0.293 e. The Bertz CT molecular complexity index is 1230. The van der Waals surface area contributed by atoms with E-state index in [4.69, 9.17) is 4.74 Å². The lowest BCUT2D eigenvalue weighted by atomic mass is 10.1. The Balaban J connectivity index is 1.76. The van der Waals surface area contributed by atoms with E-state index in [1.54, 1.807) is 31.2 Å². The Morgan fingerprint density at radius 3 is 2.77 bits per heavy atom. The number of rotatable bonds is 6. The van der Waals surface area contributed by atoms with Gasteiger partial charge >= 0.3 is 0 Å². The van der Waals surface area contributed by atoms with Crippen LogP contribution in [0.25, 0.3) is 11.0 Å². The summed E-state index contributed by atoms with van der Waals surface area (Å²) in [5.41, 5.74) is 0.940. The molecular formula is C22H24N6O3. The van der Waals surface area contributed by atoms with Gasteiger partial charge in [-0.3, -0.25) is 14.2 Å². The minimum Gasteiger partial charge on any atom is -0.496 e. The monoisotopic (exact) mass is 420 g/mol. The van der Waals surface area contributed by atoms with Gasteiger partial charge in [0.05, 0.1) is 25.4 Å². The van der Waals surface area contributed by atoms with Crippen LogP contribution in [0.5, 0.6) is 5.75 Å². The molecule has 0 radical (unpaired) electrons. The number of Topliss-reactive ketones (excluding diaryl/α,β-unsaturated/α-hetero) is 1. The number of nitrogens with one attached hydrogen (secondary N) is 1. The van der Waals surface area contributed by atoms with Crippen LogP contribution >= 0.6 is 0 Å². The van der Waals surface area contributed by atoms with Gasteiger partial charge in [-0.25, -0.2) is 9.67 Å². The van der Waals surface area contributed by atoms with Gasteiger partial charge in [0, 0.05) is 26.2 Å². The lowest BCUT2D eigenvalue weighted by Gasteiger charge is -2.28. The average Bonchev–Trinajstić information content (AvgIpc) is 3.19. The van der Waals surface area contributed by atoms with Crippen LogP contribution in [0.2, 0.25) is 0 Å². The molecule has 1 fully saturated rings. The topological polar surface area (TPSA) is 94.3 Å². The first kappa shape index (κ1) is 20.6. The summed E-state index contributed by atoms with van der Waals surface area (Å²) in [6.45, 7) is 5.18. The Kier molecular flexibility index (Phi) is 6.00. The number of aromatic nitrogens is 4. The molecule has 9 heteroatoms. The zero-order valence-corrected chi connectivity index (χ0v) is 17.6. The van der Waals surface area contributed by atoms with Gasteiger partial charge in [0.2, 0.25) is 5.95 Å². The van der Waals surface area contributed by atoms with E-state index in [1.807, 2.05) is 4.57 Å². The first-order valence-electron chi connectivity index (χ1n) is 10.1. The fraction of sp³-hybridized carbons (Fsp3) is 0.364. The summed E-state index contributed by atoms with van der Waals surface area (Å²) in [5, 5.41) is 7.52. The maximum absolute atomic E-state index is 13.3. The second-order valence-electron chi connectivity index (χ2n) is 7.13. The van der Waals surface area contributed by atoms with Gasteiger partial charge in [0.25, 0.3) is 5.56 Å². The quantitative estimate of drug-likeness (QED) is 0.468. The third kappa shape index (κ3) is 4.02. The maximum atomic E-state index is 13.3. The van der Waals surface area contributed by atoms with Crippen molar-refractivity contribution in [1.29, 1.82) is 0 Å². The molecule has 1 N–H and O–H groups in total. The van der Waals surface area contributed by atoms with Gasteiger partial charge in [-0.05, 0) is 19.1 Å². The SMILES string of the molecule is CC#CCn1c(N2CCNCC2)nc2cnn(CC(=O)c3ccccc3OC)c(=O)c21. The van der Waals surface area contributed by atoms with Gasteiger partial charge in [0.15, 0.2) is 5.78 Å². The Labute approximate surface area is 179 Å². The van der Waals surface area contributed by atoms with Crippen LogP contribution in [0.3, 0.4) is 0 Å². The van der Waals surface area contributed by atoms with E-state index in [-0.39, 0.29) is 17.9 Å². The lowest BCUT2D eigenvalue weighted by Crippen LogP contribution is -2.44. The molecule has 0 bridgehead atoms. The number of methoxy groups -OCH3 is 1. The summed E-state index contributed by atoms with van der Waals surface area (Å²) in [6, 6.07) is 6.93. The molecule has 0 aliphatic carbocycles. The second-order valence-corrected chi connectivity index (χ2v) is 7.13. The summed E-state index contributed by atoms with van der Waals surface area (Å²) in [7, 11) is 1.51. The Morgan fingerprint density at radius 2 is 2.03 bits per heavy atom. The number of anilines is 1. The molecule has 4 rings (SSSR count). The third-order valence-electron chi connectivity index (χ3n) is 5.25. The lowest BCUT2D eigenvalue weighted by molar-refractivity contribution is 0.0963. The van der Waals surface area contributed by atoms with Crippen LogP contribution in [-0.4, -0.2) is 58.4 Å². The standard InChI is InChI=1S/C22H24N6O3/c1-3-4-11-27-20-17(25-22(27)26-12-9-23-10-13-26)14-24-28(21(20)30)15-18(29)16-7-5-6-8-19(16)31-2/h5-8,14,23H,9-13,15H2,1-2H3. The van der Waals surface area contributed by atoms with Crippen molar-refractivity contribution in [2.24, 2.45) is 0 Å². The first-order valence-corrected chi connectivity index (χ1v) is 10.1. The van der Waals surface area contributed by atoms with Crippen molar-refractivity contribution in [3.05, 3.63) is 46.4 Å². The number of ether oxygens (including phenoxy) is 1. The zero-order valence-electron chi connectivity index (χ0n) is 17.6. The highest BCUT2D eigenvalue weighted by Crippen LogP contribution is 2.21. The third-order valence-corrected chi connectivity index (χ3v) is 5.25. The number of carbonyl (C=O) groups excluding carboxylic acids is 1. The summed E-state index contributed by atoms with van der Waals surface area (Å²) in [5.74, 6) is 6.82. The first-order chi connectivity index (χ1) is 15.1. The number of ketones is 1. The Morgan fingerprint density at radius 1 is 1.26 bits per heavy atom. The molecule has 0 spiro atoms. The van der Waals surface area contributed by atoms with E-state index < -0.39 is 0 Å². The highest BCUT2D eigenvalue weighted by molar-refractivity contribution is 5.98. The molecule has 0 atom stereocenters. The van der Waals surface area contributed by atoms with Crippen LogP contribution in [0.1, 0.15) is 17.3 Å². The molecule has 0 unspecified atom stereocenters. The number of piperazine rings is 1. The number of hydrogen-bond donors (Lipinski definition) is 1. The van der Waals surface area contributed by atoms with Crippen LogP contribution < -0.4 is 20.5 Å². The molecule has 3 heterocycles. The van der Waals surface area contributed by atoms with Gasteiger partial charge in [-0.15, -0.1) is 5.92 Å². The largest absolute Gasteiger partial charge is 0.496 e. The molecular weight excluding hydrogens is 396 g/mol. The van der Waals surface area contributed by atoms with Crippen molar-refractivity contribution in [2.45, 2.75) is 20.0 Å². The molecule has 1 saturated heterocycles. The van der Waals surface area contributed by atoms with Crippen molar-refractivity contribution in [1.82, 2.24) is 24.6 Å². The van der Waals surface area contributed by atoms with Crippen LogP contribution in [0.15, 0.2) is 35.3 Å². The molecule has 9 nitrogen and oxygen atoms in total. The predicted octanol–water partition coefficient (Wildman–Crippen LogP) is 0.917. The predicted molar refractivity (Wildman–Crippen MR) is 118 cm³/mol. The average molecular weight is 420 g/mol. The molecule has 1 aliphatic rings. The second kappa shape index (κ2) is 9.02. The minimum absolute atomic E-state index is 0.192. The summed E-state index contributed by atoms with van der Waals surface area (Å²) < 4.78 is 8.27. The highest BCUT2D eigenvalue weighted by atomic mass is 16.5. The summed E-state index contributed by atoms with van der Waals surface area (Å²) >= 11 is 0. The van der Waals surface area contributed by atoms with Crippen molar-refractivity contribution in [2.75, 3.05) is 38.2 Å². The van der Waals surface area contributed by atoms with E-state index in [0.29, 0.717) is 34.8 Å². The molecule has 1 aliphatic heterocycles. The van der Waals surface area contributed by atoms with Gasteiger partial charge < -0.3 is 15.0 Å². The van der Waals surface area contributed by atoms with Gasteiger partial charge in [0.1, 0.15) is 23.3 Å². The number of fused-ring (bicyclic) bond motifs is 1. The molecule has 0 saturated carbocycles. The van der Waals surface area contributed by atoms with Crippen molar-refractivity contribution < 1.29 is 9.53 Å². The number of benzene rings is 1. The Hall–Kier alpha value is -3.64. The molecule has 0 amide bonds. The number of nitrogens with zero attached hydrogens (tertiary/aromatic N) is 5. The van der Waals surface area contributed by atoms with Crippen LogP contribution in [0, 0.1) is 11.8 Å². The highest BCUT2D eigenvalue weighted by Gasteiger charge is 2.22. The van der Waals surface area contributed by atoms with E-state index in [1.165, 1.54) is 18.0 Å². The zero-order chi connectivity index (χ0) is 21.8. The summed E-state index contributed by atoms with van der Waals surface area (Å²) in [4.78, 5) is 33.0. The normalized spacial score (nSPS) is 13.7. The molecule has 3 aromatic rings. The number of para-hydroxylation sites is 1. The number of hydrogen-bond acceptors (Lipinski definition) is 7. The van der Waals surface area contributed by atoms with Crippen molar-refractivity contribution in [3.8, 4) is 17.6 Å². The minimum atomic E-state index is -0.368. The van der Waals surface area contributed by atoms with Crippen LogP contribution in [0.4, 0.5) is 5.95 Å². The van der Waals surface area contributed by atoms with Gasteiger partial charge in [-0.2, -0.15) is 5.10 Å². The molecule has 31 heavy (non-hydrogen) atoms. The molecule has 2 aromatic heterocycles.